The second-order valence-corrected chi connectivity index (χ2v) is 8.37. The van der Waals surface area contributed by atoms with E-state index in [-0.39, 0.29) is 0 Å². The van der Waals surface area contributed by atoms with Crippen molar-refractivity contribution in [3.05, 3.63) is 84.4 Å². The van der Waals surface area contributed by atoms with Crippen molar-refractivity contribution in [1.29, 1.82) is 0 Å². The Bertz CT molecular complexity index is 829. The molecule has 2 nitrogen and oxygen atoms in total. The summed E-state index contributed by atoms with van der Waals surface area (Å²) in [6.07, 6.45) is 0.815. The summed E-state index contributed by atoms with van der Waals surface area (Å²) in [7, 11) is -2.90. The molecule has 3 aromatic rings. The Kier molecular flexibility index (Phi) is 3.55. The van der Waals surface area contributed by atoms with Gasteiger partial charge in [-0.15, -0.1) is 0 Å². The summed E-state index contributed by atoms with van der Waals surface area (Å²) >= 11 is 0. The van der Waals surface area contributed by atoms with Gasteiger partial charge >= 0.3 is 0 Å². The van der Waals surface area contributed by atoms with E-state index in [1.165, 1.54) is 0 Å². The molecular formula is C20H17O2P. The zero-order valence-electron chi connectivity index (χ0n) is 12.7. The average molecular weight is 320 g/mol. The van der Waals surface area contributed by atoms with Gasteiger partial charge in [-0.25, -0.2) is 0 Å². The predicted molar refractivity (Wildman–Crippen MR) is 95.0 cm³/mol. The minimum atomic E-state index is -2.90. The van der Waals surface area contributed by atoms with E-state index in [4.69, 9.17) is 4.74 Å². The lowest BCUT2D eigenvalue weighted by Crippen LogP contribution is -2.27. The Labute approximate surface area is 136 Å². The van der Waals surface area contributed by atoms with Crippen LogP contribution in [0.25, 0.3) is 0 Å². The van der Waals surface area contributed by atoms with Crippen molar-refractivity contribution >= 4 is 23.1 Å². The van der Waals surface area contributed by atoms with E-state index in [9.17, 15) is 4.57 Å². The van der Waals surface area contributed by atoms with Gasteiger partial charge in [-0.05, 0) is 6.07 Å². The van der Waals surface area contributed by atoms with Crippen molar-refractivity contribution in [2.24, 2.45) is 0 Å². The summed E-state index contributed by atoms with van der Waals surface area (Å²) < 4.78 is 20.0. The van der Waals surface area contributed by atoms with Gasteiger partial charge in [0.2, 0.25) is 0 Å². The third kappa shape index (κ3) is 2.31. The van der Waals surface area contributed by atoms with Gasteiger partial charge in [0.1, 0.15) is 5.75 Å². The summed E-state index contributed by atoms with van der Waals surface area (Å²) in [5, 5.41) is 2.64. The normalized spacial score (nSPS) is 13.4. The molecule has 0 bridgehead atoms. The van der Waals surface area contributed by atoms with E-state index in [1.807, 2.05) is 78.9 Å². The van der Waals surface area contributed by atoms with Gasteiger partial charge in [-0.2, -0.15) is 0 Å². The molecular weight excluding hydrogens is 303 g/mol. The molecule has 1 aliphatic rings. The summed E-state index contributed by atoms with van der Waals surface area (Å²) in [5.74, 6) is 0.870. The Morgan fingerprint density at radius 3 is 1.96 bits per heavy atom. The molecule has 4 rings (SSSR count). The largest absolute Gasteiger partial charge is 0.493 e. The van der Waals surface area contributed by atoms with E-state index in [0.29, 0.717) is 6.61 Å². The summed E-state index contributed by atoms with van der Waals surface area (Å²) in [6, 6.07) is 25.5. The number of fused-ring (bicyclic) bond motifs is 1. The highest BCUT2D eigenvalue weighted by Crippen LogP contribution is 2.45. The SMILES string of the molecule is O=P(c1ccccc1)(c1ccccc1)c1cccc2c1CCO2. The maximum absolute atomic E-state index is 14.3. The average Bonchev–Trinajstić information content (AvgIpc) is 3.11. The third-order valence-electron chi connectivity index (χ3n) is 4.30. The molecule has 23 heavy (non-hydrogen) atoms. The number of ether oxygens (including phenoxy) is 1. The molecule has 0 saturated heterocycles. The maximum Gasteiger partial charge on any atom is 0.171 e. The van der Waals surface area contributed by atoms with Gasteiger partial charge in [0, 0.05) is 27.9 Å². The molecule has 0 spiro atoms. The third-order valence-corrected chi connectivity index (χ3v) is 7.45. The van der Waals surface area contributed by atoms with Crippen LogP contribution in [0.2, 0.25) is 0 Å². The Hall–Kier alpha value is -2.31. The van der Waals surface area contributed by atoms with E-state index < -0.39 is 7.14 Å². The summed E-state index contributed by atoms with van der Waals surface area (Å²) in [5.41, 5.74) is 1.09. The first-order chi connectivity index (χ1) is 11.3. The van der Waals surface area contributed by atoms with Crippen LogP contribution < -0.4 is 20.7 Å². The first-order valence-corrected chi connectivity index (χ1v) is 9.47. The fraction of sp³-hybridized carbons (Fsp3) is 0.100. The van der Waals surface area contributed by atoms with Crippen LogP contribution in [0.4, 0.5) is 0 Å². The Morgan fingerprint density at radius 1 is 0.739 bits per heavy atom. The first kappa shape index (κ1) is 14.3. The van der Waals surface area contributed by atoms with Gasteiger partial charge in [0.05, 0.1) is 6.61 Å². The Morgan fingerprint density at radius 2 is 1.35 bits per heavy atom. The zero-order chi connectivity index (χ0) is 15.7. The van der Waals surface area contributed by atoms with Crippen LogP contribution in [0.5, 0.6) is 5.75 Å². The van der Waals surface area contributed by atoms with Gasteiger partial charge in [-0.3, -0.25) is 0 Å². The first-order valence-electron chi connectivity index (χ1n) is 7.77. The van der Waals surface area contributed by atoms with Crippen molar-refractivity contribution in [3.63, 3.8) is 0 Å². The molecule has 1 heterocycles. The fourth-order valence-electron chi connectivity index (χ4n) is 3.20. The van der Waals surface area contributed by atoms with Gasteiger partial charge in [0.15, 0.2) is 7.14 Å². The lowest BCUT2D eigenvalue weighted by atomic mass is 10.2. The van der Waals surface area contributed by atoms with Crippen molar-refractivity contribution < 1.29 is 9.30 Å². The quantitative estimate of drug-likeness (QED) is 0.693. The second-order valence-electron chi connectivity index (χ2n) is 5.63. The van der Waals surface area contributed by atoms with Crippen LogP contribution in [-0.4, -0.2) is 6.61 Å². The molecule has 0 aliphatic carbocycles. The monoisotopic (exact) mass is 320 g/mol. The van der Waals surface area contributed by atoms with E-state index in [0.717, 1.165) is 33.6 Å². The van der Waals surface area contributed by atoms with Crippen molar-refractivity contribution in [3.8, 4) is 5.75 Å². The molecule has 0 unspecified atom stereocenters. The molecule has 0 fully saturated rings. The van der Waals surface area contributed by atoms with Crippen LogP contribution in [0.1, 0.15) is 5.56 Å². The molecule has 1 aliphatic heterocycles. The predicted octanol–water partition coefficient (Wildman–Crippen LogP) is 3.26. The molecule has 0 atom stereocenters. The van der Waals surface area contributed by atoms with Crippen LogP contribution in [0, 0.1) is 0 Å². The van der Waals surface area contributed by atoms with Crippen molar-refractivity contribution in [2.75, 3.05) is 6.61 Å². The molecule has 0 aromatic heterocycles. The zero-order valence-corrected chi connectivity index (χ0v) is 13.6. The highest BCUT2D eigenvalue weighted by atomic mass is 31.2. The van der Waals surface area contributed by atoms with E-state index >= 15 is 0 Å². The van der Waals surface area contributed by atoms with Gasteiger partial charge in [0.25, 0.3) is 0 Å². The number of hydrogen-bond donors (Lipinski definition) is 0. The van der Waals surface area contributed by atoms with E-state index in [1.54, 1.807) is 0 Å². The molecule has 0 N–H and O–H groups in total. The topological polar surface area (TPSA) is 26.3 Å². The van der Waals surface area contributed by atoms with Crippen molar-refractivity contribution in [2.45, 2.75) is 6.42 Å². The Balaban J connectivity index is 2.02. The number of benzene rings is 3. The maximum atomic E-state index is 14.3. The van der Waals surface area contributed by atoms with Crippen molar-refractivity contribution in [1.82, 2.24) is 0 Å². The van der Waals surface area contributed by atoms with E-state index in [2.05, 4.69) is 0 Å². The highest BCUT2D eigenvalue weighted by molar-refractivity contribution is 7.85. The summed E-state index contributed by atoms with van der Waals surface area (Å²) in [4.78, 5) is 0. The molecule has 0 radical (unpaired) electrons. The molecule has 0 amide bonds. The molecule has 0 saturated carbocycles. The number of rotatable bonds is 3. The lowest BCUT2D eigenvalue weighted by Gasteiger charge is -2.22. The summed E-state index contributed by atoms with van der Waals surface area (Å²) in [6.45, 7) is 0.663. The molecule has 3 aromatic carbocycles. The molecule has 3 heteroatoms. The van der Waals surface area contributed by atoms with Crippen LogP contribution in [0.15, 0.2) is 78.9 Å². The standard InChI is InChI=1S/C20H17O2P/c21-23(16-8-3-1-4-9-16,17-10-5-2-6-11-17)20-13-7-12-19-18(20)14-15-22-19/h1-13H,14-15H2. The minimum Gasteiger partial charge on any atom is -0.493 e. The smallest absolute Gasteiger partial charge is 0.171 e. The van der Waals surface area contributed by atoms with Gasteiger partial charge < -0.3 is 9.30 Å². The van der Waals surface area contributed by atoms with Crippen LogP contribution >= 0.6 is 7.14 Å². The lowest BCUT2D eigenvalue weighted by molar-refractivity contribution is 0.357. The minimum absolute atomic E-state index is 0.663. The number of hydrogen-bond acceptors (Lipinski definition) is 2. The van der Waals surface area contributed by atoms with Crippen LogP contribution in [0.3, 0.4) is 0 Å². The second kappa shape index (κ2) is 5.72. The highest BCUT2D eigenvalue weighted by Gasteiger charge is 2.33. The fourth-order valence-corrected chi connectivity index (χ4v) is 6.14. The van der Waals surface area contributed by atoms with Crippen LogP contribution in [-0.2, 0) is 11.0 Å². The molecule has 114 valence electrons. The van der Waals surface area contributed by atoms with Gasteiger partial charge in [-0.1, -0.05) is 72.8 Å².